The number of rotatable bonds is 26. The van der Waals surface area contributed by atoms with Crippen LogP contribution in [0.15, 0.2) is 84.2 Å². The Hall–Kier alpha value is -8.60. The van der Waals surface area contributed by atoms with Crippen molar-refractivity contribution in [2.24, 2.45) is 0 Å². The summed E-state index contributed by atoms with van der Waals surface area (Å²) in [5.74, 6) is -4.79. The Bertz CT molecular complexity index is 2640. The average Bonchev–Trinajstić information content (AvgIpc) is 3.33. The zero-order chi connectivity index (χ0) is 54.8. The summed E-state index contributed by atoms with van der Waals surface area (Å²) >= 11 is 0. The number of nitrogens with one attached hydrogen (secondary N) is 1. The van der Waals surface area contributed by atoms with Crippen LogP contribution in [0.1, 0.15) is 44.4 Å². The van der Waals surface area contributed by atoms with E-state index in [-0.39, 0.29) is 42.1 Å². The van der Waals surface area contributed by atoms with Crippen molar-refractivity contribution in [3.05, 3.63) is 101 Å². The largest absolute Gasteiger partial charge is 0.488 e. The van der Waals surface area contributed by atoms with Crippen LogP contribution in [0.4, 0.5) is 17.1 Å². The van der Waals surface area contributed by atoms with Crippen LogP contribution in [-0.2, 0) is 76.3 Å². The number of hydrogen-bond acceptors (Lipinski definition) is 22. The Balaban J connectivity index is 1.56. The third-order valence-electron chi connectivity index (χ3n) is 10.8. The van der Waals surface area contributed by atoms with Crippen molar-refractivity contribution in [2.45, 2.75) is 40.7 Å². The Labute approximate surface area is 432 Å². The van der Waals surface area contributed by atoms with Gasteiger partial charge in [0.15, 0.2) is 0 Å². The molecule has 0 spiro atoms. The van der Waals surface area contributed by atoms with E-state index >= 15 is 0 Å². The third kappa shape index (κ3) is 17.5. The molecule has 23 heteroatoms. The second kappa shape index (κ2) is 27.5. The SMILES string of the molecule is CC(=O)OCOC(=O)CN(CC(=O)OCOC(C)=O)c1ccc(C2=C3C=CC([NH+](C)C)C=C3Oc3cc(N(C)C)ccc32)cc1OCCOc1ccc(C)cc1N(CC(=O)OCOC(C)=O)CC(=O)OCOC(C)=O. The lowest BCUT2D eigenvalue weighted by Crippen LogP contribution is -3.09. The normalized spacial score (nSPS) is 13.1. The van der Waals surface area contributed by atoms with Gasteiger partial charge in [-0.25, -0.2) is 0 Å². The van der Waals surface area contributed by atoms with Gasteiger partial charge in [-0.3, -0.25) is 38.4 Å². The predicted octanol–water partition coefficient (Wildman–Crippen LogP) is 2.55. The molecule has 0 amide bonds. The van der Waals surface area contributed by atoms with Gasteiger partial charge in [-0.15, -0.1) is 0 Å². The summed E-state index contributed by atoms with van der Waals surface area (Å²) in [6.45, 7) is 0.898. The van der Waals surface area contributed by atoms with Gasteiger partial charge in [-0.2, -0.15) is 0 Å². The van der Waals surface area contributed by atoms with Crippen molar-refractivity contribution < 1.29 is 95.4 Å². The topological polar surface area (TPSA) is 252 Å². The predicted molar refractivity (Wildman–Crippen MR) is 265 cm³/mol. The molecule has 402 valence electrons. The van der Waals surface area contributed by atoms with Crippen LogP contribution >= 0.6 is 0 Å². The second-order valence-corrected chi connectivity index (χ2v) is 17.1. The molecular weight excluding hydrogens is 985 g/mol. The van der Waals surface area contributed by atoms with E-state index in [0.29, 0.717) is 22.6 Å². The molecule has 1 unspecified atom stereocenters. The molecule has 1 aliphatic heterocycles. The number of likely N-dealkylation sites (N-methyl/N-ethyl adjacent to an activating group) is 1. The van der Waals surface area contributed by atoms with E-state index in [1.165, 1.54) is 9.80 Å². The summed E-state index contributed by atoms with van der Waals surface area (Å²) in [6.07, 6.45) is 6.12. The Morgan fingerprint density at radius 1 is 0.573 bits per heavy atom. The maximum atomic E-state index is 13.3. The maximum Gasteiger partial charge on any atom is 0.328 e. The van der Waals surface area contributed by atoms with Gasteiger partial charge in [-0.1, -0.05) is 12.1 Å². The van der Waals surface area contributed by atoms with Crippen LogP contribution in [0.5, 0.6) is 17.2 Å². The van der Waals surface area contributed by atoms with Crippen LogP contribution in [0, 0.1) is 6.92 Å². The summed E-state index contributed by atoms with van der Waals surface area (Å²) in [5.41, 5.74) is 4.99. The van der Waals surface area contributed by atoms with Gasteiger partial charge >= 0.3 is 47.8 Å². The standard InChI is InChI=1S/C52H60N4O19/c1-32-10-17-44(43(20-32)56(26-50(63)73-30-69-35(4)59)27-51(64)74-31-70-36(5)60)65-18-19-66-47-21-37(11-16-42(47)55(24-48(61)71-28-67-33(2)57)25-49(62)72-29-68-34(3)58)52-40-14-12-38(53(6)7)22-45(40)75-46-23-39(54(8)9)13-15-41(46)52/h10-17,20-23,38H,18-19,24-31H2,1-9H3/p+1. The van der Waals surface area contributed by atoms with Gasteiger partial charge in [0.2, 0.25) is 27.2 Å². The smallest absolute Gasteiger partial charge is 0.328 e. The van der Waals surface area contributed by atoms with Crippen molar-refractivity contribution in [3.63, 3.8) is 0 Å². The number of carbonyl (C=O) groups is 8. The molecule has 1 N–H and O–H groups in total. The van der Waals surface area contributed by atoms with E-state index in [1.54, 1.807) is 43.3 Å². The van der Waals surface area contributed by atoms with Crippen LogP contribution in [0.3, 0.4) is 0 Å². The molecule has 75 heavy (non-hydrogen) atoms. The molecule has 0 bridgehead atoms. The lowest BCUT2D eigenvalue weighted by atomic mass is 9.86. The first kappa shape index (κ1) is 57.3. The second-order valence-electron chi connectivity index (χ2n) is 17.1. The fraction of sp³-hybridized carbons (Fsp3) is 0.385. The number of aryl methyl sites for hydroxylation is 1. The lowest BCUT2D eigenvalue weighted by Gasteiger charge is -2.30. The molecular formula is C52H61N4O19+. The average molecular weight is 1050 g/mol. The molecule has 5 rings (SSSR count). The monoisotopic (exact) mass is 1050 g/mol. The molecule has 0 radical (unpaired) electrons. The molecule has 0 saturated heterocycles. The number of ether oxygens (including phenoxy) is 11. The number of fused-ring (bicyclic) bond motifs is 2. The molecule has 0 aromatic heterocycles. The number of quaternary nitrogens is 1. The van der Waals surface area contributed by atoms with Gasteiger partial charge in [0.1, 0.15) is 68.4 Å². The molecule has 1 heterocycles. The lowest BCUT2D eigenvalue weighted by molar-refractivity contribution is -0.871. The summed E-state index contributed by atoms with van der Waals surface area (Å²) in [5, 5.41) is 0. The van der Waals surface area contributed by atoms with Gasteiger partial charge < -0.3 is 71.7 Å². The highest BCUT2D eigenvalue weighted by atomic mass is 16.7. The van der Waals surface area contributed by atoms with Crippen LogP contribution in [0.2, 0.25) is 0 Å². The third-order valence-corrected chi connectivity index (χ3v) is 10.8. The van der Waals surface area contributed by atoms with E-state index in [0.717, 1.165) is 55.0 Å². The number of nitrogens with zero attached hydrogens (tertiary/aromatic N) is 3. The first-order chi connectivity index (χ1) is 35.7. The first-order valence-electron chi connectivity index (χ1n) is 23.3. The molecule has 0 fully saturated rings. The molecule has 3 aromatic rings. The van der Waals surface area contributed by atoms with Crippen molar-refractivity contribution in [3.8, 4) is 17.2 Å². The maximum absolute atomic E-state index is 13.3. The number of carbonyl (C=O) groups excluding carboxylic acids is 8. The fourth-order valence-corrected chi connectivity index (χ4v) is 7.22. The van der Waals surface area contributed by atoms with Gasteiger partial charge in [0.05, 0.1) is 25.5 Å². The number of anilines is 3. The molecule has 3 aromatic carbocycles. The number of hydrogen-bond donors (Lipinski definition) is 1. The minimum atomic E-state index is -0.899. The summed E-state index contributed by atoms with van der Waals surface area (Å²) in [6, 6.07) is 16.0. The molecule has 1 atom stereocenters. The summed E-state index contributed by atoms with van der Waals surface area (Å²) in [4.78, 5) is 104. The molecule has 23 nitrogen and oxygen atoms in total. The fourth-order valence-electron chi connectivity index (χ4n) is 7.22. The Kier molecular flexibility index (Phi) is 21.0. The highest BCUT2D eigenvalue weighted by Gasteiger charge is 2.31. The van der Waals surface area contributed by atoms with E-state index < -0.39 is 101 Å². The first-order valence-corrected chi connectivity index (χ1v) is 23.3. The quantitative estimate of drug-likeness (QED) is 0.0525. The number of allylic oxidation sites excluding steroid dienone is 1. The minimum Gasteiger partial charge on any atom is -0.488 e. The van der Waals surface area contributed by atoms with Gasteiger partial charge in [-0.05, 0) is 66.6 Å². The number of benzene rings is 3. The van der Waals surface area contributed by atoms with E-state index in [4.69, 9.17) is 52.1 Å². The van der Waals surface area contributed by atoms with Gasteiger partial charge in [0, 0.05) is 76.3 Å². The summed E-state index contributed by atoms with van der Waals surface area (Å²) in [7, 11) is 7.91. The van der Waals surface area contributed by atoms with Crippen molar-refractivity contribution in [1.82, 2.24) is 0 Å². The van der Waals surface area contributed by atoms with Crippen molar-refractivity contribution >= 4 is 70.4 Å². The zero-order valence-corrected chi connectivity index (χ0v) is 43.2. The van der Waals surface area contributed by atoms with Gasteiger partial charge in [0.25, 0.3) is 0 Å². The van der Waals surface area contributed by atoms with Crippen LogP contribution in [-0.4, -0.2) is 149 Å². The van der Waals surface area contributed by atoms with Crippen molar-refractivity contribution in [1.29, 1.82) is 0 Å². The van der Waals surface area contributed by atoms with E-state index in [1.807, 2.05) is 63.4 Å². The molecule has 1 aliphatic carbocycles. The van der Waals surface area contributed by atoms with Crippen LogP contribution in [0.25, 0.3) is 5.57 Å². The summed E-state index contributed by atoms with van der Waals surface area (Å²) < 4.78 is 58.8. The van der Waals surface area contributed by atoms with Crippen molar-refractivity contribution in [2.75, 3.05) is 109 Å². The molecule has 0 saturated carbocycles. The number of esters is 8. The van der Waals surface area contributed by atoms with E-state index in [9.17, 15) is 38.4 Å². The minimum absolute atomic E-state index is 0.00284. The molecule has 2 aliphatic rings. The Morgan fingerprint density at radius 3 is 1.55 bits per heavy atom. The highest BCUT2D eigenvalue weighted by Crippen LogP contribution is 2.46. The highest BCUT2D eigenvalue weighted by molar-refractivity contribution is 5.93. The Morgan fingerprint density at radius 2 is 1.07 bits per heavy atom. The van der Waals surface area contributed by atoms with E-state index in [2.05, 4.69) is 6.08 Å². The zero-order valence-electron chi connectivity index (χ0n) is 43.2. The van der Waals surface area contributed by atoms with Crippen LogP contribution < -0.4 is 33.8 Å².